The van der Waals surface area contributed by atoms with Gasteiger partial charge < -0.3 is 19.9 Å². The Morgan fingerprint density at radius 3 is 2.09 bits per heavy atom. The quantitative estimate of drug-likeness (QED) is 0.198. The van der Waals surface area contributed by atoms with Gasteiger partial charge >= 0.3 is 18.2 Å². The SMILES string of the molecule is CC(C)(C)OC(=O)n1ccc2cc(-c3ccc(C[C@H](NC(=O)OCC4c5ccccc5-c5ccccc54)C(=O)O)cc3)ccc21. The van der Waals surface area contributed by atoms with E-state index in [1.807, 2.05) is 106 Å². The van der Waals surface area contributed by atoms with E-state index in [4.69, 9.17) is 9.47 Å². The molecule has 0 aliphatic heterocycles. The third-order valence-electron chi connectivity index (χ3n) is 7.94. The second-order valence-corrected chi connectivity index (χ2v) is 12.2. The number of rotatable bonds is 7. The van der Waals surface area contributed by atoms with Crippen LogP contribution in [0, 0.1) is 0 Å². The highest BCUT2D eigenvalue weighted by molar-refractivity contribution is 5.92. The van der Waals surface area contributed by atoms with Crippen molar-refractivity contribution in [2.24, 2.45) is 0 Å². The lowest BCUT2D eigenvalue weighted by atomic mass is 9.98. The summed E-state index contributed by atoms with van der Waals surface area (Å²) in [6.45, 7) is 5.59. The third kappa shape index (κ3) is 6.31. The van der Waals surface area contributed by atoms with Crippen LogP contribution in [-0.4, -0.2) is 46.1 Å². The molecule has 0 saturated heterocycles. The van der Waals surface area contributed by atoms with Crippen molar-refractivity contribution in [2.45, 2.75) is 44.8 Å². The van der Waals surface area contributed by atoms with Gasteiger partial charge in [0, 0.05) is 23.9 Å². The predicted molar refractivity (Wildman–Crippen MR) is 172 cm³/mol. The van der Waals surface area contributed by atoms with Crippen LogP contribution in [-0.2, 0) is 20.7 Å². The number of hydrogen-bond acceptors (Lipinski definition) is 5. The number of nitrogens with one attached hydrogen (secondary N) is 1. The van der Waals surface area contributed by atoms with E-state index in [0.717, 1.165) is 49.8 Å². The molecule has 2 N–H and O–H groups in total. The predicted octanol–water partition coefficient (Wildman–Crippen LogP) is 7.63. The highest BCUT2D eigenvalue weighted by Crippen LogP contribution is 2.44. The number of amides is 1. The summed E-state index contributed by atoms with van der Waals surface area (Å²) < 4.78 is 12.6. The number of fused-ring (bicyclic) bond motifs is 4. The van der Waals surface area contributed by atoms with Crippen molar-refractivity contribution in [3.8, 4) is 22.3 Å². The van der Waals surface area contributed by atoms with E-state index in [9.17, 15) is 19.5 Å². The lowest BCUT2D eigenvalue weighted by Gasteiger charge is -2.19. The molecule has 4 aromatic carbocycles. The van der Waals surface area contributed by atoms with Gasteiger partial charge in [-0.15, -0.1) is 0 Å². The Kier molecular flexibility index (Phi) is 7.89. The molecule has 0 fully saturated rings. The zero-order valence-corrected chi connectivity index (χ0v) is 25.3. The number of nitrogens with zero attached hydrogens (tertiary/aromatic N) is 1. The van der Waals surface area contributed by atoms with Gasteiger partial charge in [0.1, 0.15) is 18.2 Å². The van der Waals surface area contributed by atoms with E-state index in [2.05, 4.69) is 17.4 Å². The molecule has 45 heavy (non-hydrogen) atoms. The number of aliphatic carboxylic acids is 1. The van der Waals surface area contributed by atoms with Crippen LogP contribution >= 0.6 is 0 Å². The number of aromatic nitrogens is 1. The number of ether oxygens (including phenoxy) is 2. The van der Waals surface area contributed by atoms with Gasteiger partial charge in [-0.3, -0.25) is 4.57 Å². The first-order valence-electron chi connectivity index (χ1n) is 14.9. The van der Waals surface area contributed by atoms with E-state index in [1.165, 1.54) is 4.57 Å². The van der Waals surface area contributed by atoms with Crippen LogP contribution in [0.2, 0.25) is 0 Å². The number of carboxylic acids is 1. The third-order valence-corrected chi connectivity index (χ3v) is 7.94. The van der Waals surface area contributed by atoms with Gasteiger partial charge in [0.15, 0.2) is 0 Å². The van der Waals surface area contributed by atoms with Crippen molar-refractivity contribution < 1.29 is 29.0 Å². The van der Waals surface area contributed by atoms with Crippen molar-refractivity contribution in [2.75, 3.05) is 6.61 Å². The van der Waals surface area contributed by atoms with E-state index in [-0.39, 0.29) is 18.9 Å². The number of carbonyl (C=O) groups excluding carboxylic acids is 2. The summed E-state index contributed by atoms with van der Waals surface area (Å²) in [5, 5.41) is 13.3. The maximum absolute atomic E-state index is 12.8. The fourth-order valence-electron chi connectivity index (χ4n) is 5.84. The van der Waals surface area contributed by atoms with Crippen LogP contribution in [0.25, 0.3) is 33.2 Å². The molecule has 1 atom stereocenters. The Labute approximate surface area is 261 Å². The minimum Gasteiger partial charge on any atom is -0.480 e. The normalized spacial score (nSPS) is 13.1. The maximum atomic E-state index is 12.8. The standard InChI is InChI=1S/C37H34N2O6/c1-37(2,3)45-36(43)39-19-18-26-21-25(16-17-33(26)39)24-14-12-23(13-15-24)20-32(34(40)41)38-35(42)44-22-31-29-10-6-4-8-27(29)28-9-5-7-11-30(28)31/h4-19,21,31-32H,20,22H2,1-3H3,(H,38,42)(H,40,41)/t32-/m0/s1. The Morgan fingerprint density at radius 2 is 1.47 bits per heavy atom. The molecule has 1 heterocycles. The highest BCUT2D eigenvalue weighted by atomic mass is 16.6. The van der Waals surface area contributed by atoms with Gasteiger partial charge in [-0.05, 0) is 77.9 Å². The summed E-state index contributed by atoms with van der Waals surface area (Å²) in [5.74, 6) is -1.26. The van der Waals surface area contributed by atoms with Crippen LogP contribution in [0.15, 0.2) is 103 Å². The zero-order chi connectivity index (χ0) is 31.7. The summed E-state index contributed by atoms with van der Waals surface area (Å²) in [6.07, 6.45) is 0.584. The van der Waals surface area contributed by atoms with E-state index < -0.39 is 29.8 Å². The lowest BCUT2D eigenvalue weighted by molar-refractivity contribution is -0.139. The van der Waals surface area contributed by atoms with Crippen LogP contribution in [0.4, 0.5) is 9.59 Å². The average Bonchev–Trinajstić information content (AvgIpc) is 3.58. The molecule has 5 aromatic rings. The van der Waals surface area contributed by atoms with Gasteiger partial charge in [-0.1, -0.05) is 78.9 Å². The molecule has 1 aromatic heterocycles. The molecule has 0 unspecified atom stereocenters. The van der Waals surface area contributed by atoms with Gasteiger partial charge in [0.25, 0.3) is 0 Å². The maximum Gasteiger partial charge on any atom is 0.418 e. The Hall–Kier alpha value is -5.37. The Balaban J connectivity index is 1.09. The van der Waals surface area contributed by atoms with Gasteiger partial charge in [0.05, 0.1) is 5.52 Å². The second kappa shape index (κ2) is 12.0. The molecule has 0 saturated carbocycles. The van der Waals surface area contributed by atoms with Crippen molar-refractivity contribution >= 4 is 29.1 Å². The number of benzene rings is 4. The van der Waals surface area contributed by atoms with Crippen LogP contribution < -0.4 is 5.32 Å². The Morgan fingerprint density at radius 1 is 0.844 bits per heavy atom. The van der Waals surface area contributed by atoms with E-state index >= 15 is 0 Å². The molecule has 0 radical (unpaired) electrons. The van der Waals surface area contributed by atoms with Gasteiger partial charge in [-0.2, -0.15) is 0 Å². The molecule has 0 bridgehead atoms. The molecule has 1 aliphatic rings. The zero-order valence-electron chi connectivity index (χ0n) is 25.3. The summed E-state index contributed by atoms with van der Waals surface area (Å²) in [7, 11) is 0. The number of hydrogen-bond donors (Lipinski definition) is 2. The first kappa shape index (κ1) is 29.7. The summed E-state index contributed by atoms with van der Waals surface area (Å²) in [4.78, 5) is 37.4. The molecule has 0 spiro atoms. The second-order valence-electron chi connectivity index (χ2n) is 12.2. The summed E-state index contributed by atoms with van der Waals surface area (Å²) >= 11 is 0. The van der Waals surface area contributed by atoms with Crippen molar-refractivity contribution in [3.63, 3.8) is 0 Å². The average molecular weight is 603 g/mol. The van der Waals surface area contributed by atoms with Crippen molar-refractivity contribution in [3.05, 3.63) is 120 Å². The van der Waals surface area contributed by atoms with Crippen molar-refractivity contribution in [1.82, 2.24) is 9.88 Å². The molecular weight excluding hydrogens is 568 g/mol. The minimum absolute atomic E-state index is 0.0948. The fraction of sp³-hybridized carbons (Fsp3) is 0.216. The number of carbonyl (C=O) groups is 3. The van der Waals surface area contributed by atoms with Crippen LogP contribution in [0.5, 0.6) is 0 Å². The Bertz CT molecular complexity index is 1860. The van der Waals surface area contributed by atoms with Gasteiger partial charge in [-0.25, -0.2) is 14.4 Å². The first-order chi connectivity index (χ1) is 21.6. The molecule has 1 aliphatic carbocycles. The molecular formula is C37H34N2O6. The molecule has 6 rings (SSSR count). The minimum atomic E-state index is -1.16. The number of carboxylic acid groups (broad SMARTS) is 1. The largest absolute Gasteiger partial charge is 0.480 e. The van der Waals surface area contributed by atoms with Gasteiger partial charge in [0.2, 0.25) is 0 Å². The smallest absolute Gasteiger partial charge is 0.418 e. The summed E-state index contributed by atoms with van der Waals surface area (Å²) in [6, 6.07) is 30.1. The summed E-state index contributed by atoms with van der Waals surface area (Å²) in [5.41, 5.74) is 7.18. The first-order valence-corrected chi connectivity index (χ1v) is 14.9. The molecule has 8 nitrogen and oxygen atoms in total. The number of alkyl carbamates (subject to hydrolysis) is 1. The monoisotopic (exact) mass is 602 g/mol. The van der Waals surface area contributed by atoms with Crippen LogP contribution in [0.3, 0.4) is 0 Å². The highest BCUT2D eigenvalue weighted by Gasteiger charge is 2.30. The van der Waals surface area contributed by atoms with E-state index in [0.29, 0.717) is 0 Å². The molecule has 8 heteroatoms. The topological polar surface area (TPSA) is 107 Å². The van der Waals surface area contributed by atoms with Crippen LogP contribution in [0.1, 0.15) is 43.4 Å². The molecule has 1 amide bonds. The molecule has 228 valence electrons. The van der Waals surface area contributed by atoms with E-state index in [1.54, 1.807) is 6.20 Å². The lowest BCUT2D eigenvalue weighted by Crippen LogP contribution is -2.42. The van der Waals surface area contributed by atoms with Crippen molar-refractivity contribution in [1.29, 1.82) is 0 Å². The fourth-order valence-corrected chi connectivity index (χ4v) is 5.84.